The molecule has 2 aromatic rings. The van der Waals surface area contributed by atoms with E-state index < -0.39 is 5.92 Å². The van der Waals surface area contributed by atoms with Gasteiger partial charge in [-0.05, 0) is 22.6 Å². The Balaban J connectivity index is 2.46. The number of thiophene rings is 1. The fourth-order valence-electron chi connectivity index (χ4n) is 2.26. The van der Waals surface area contributed by atoms with Gasteiger partial charge in [-0.25, -0.2) is 0 Å². The van der Waals surface area contributed by atoms with Crippen molar-refractivity contribution in [3.8, 4) is 0 Å². The summed E-state index contributed by atoms with van der Waals surface area (Å²) in [5.41, 5.74) is 6.99. The molecule has 0 aliphatic carbocycles. The average molecular weight is 329 g/mol. The van der Waals surface area contributed by atoms with Crippen molar-refractivity contribution in [2.45, 2.75) is 19.3 Å². The molecular formula is C17H19N3O2S. The summed E-state index contributed by atoms with van der Waals surface area (Å²) in [6.07, 6.45) is 0.428. The number of rotatable bonds is 5. The van der Waals surface area contributed by atoms with Gasteiger partial charge >= 0.3 is 0 Å². The molecule has 1 aromatic carbocycles. The number of likely N-dealkylation sites (N-methyl/N-ethyl adjacent to an activating group) is 1. The second kappa shape index (κ2) is 7.19. The Kier molecular flexibility index (Phi) is 5.28. The maximum atomic E-state index is 12.8. The summed E-state index contributed by atoms with van der Waals surface area (Å²) in [4.78, 5) is 26.4. The highest BCUT2D eigenvalue weighted by Gasteiger charge is 2.28. The SMILES string of the molecule is CCC(=O)c1cc(C(C(=O)N(C)C(=N)N)c2ccccc2)cs1. The summed E-state index contributed by atoms with van der Waals surface area (Å²) >= 11 is 1.34. The summed E-state index contributed by atoms with van der Waals surface area (Å²) in [6.45, 7) is 1.81. The van der Waals surface area contributed by atoms with Gasteiger partial charge in [0, 0.05) is 13.5 Å². The molecule has 5 nitrogen and oxygen atoms in total. The van der Waals surface area contributed by atoms with Gasteiger partial charge < -0.3 is 5.73 Å². The van der Waals surface area contributed by atoms with Crippen LogP contribution >= 0.6 is 11.3 Å². The van der Waals surface area contributed by atoms with Crippen molar-refractivity contribution in [1.82, 2.24) is 4.90 Å². The number of hydrogen-bond donors (Lipinski definition) is 2. The van der Waals surface area contributed by atoms with Crippen LogP contribution in [-0.4, -0.2) is 29.6 Å². The van der Waals surface area contributed by atoms with Crippen LogP contribution in [0.25, 0.3) is 0 Å². The Morgan fingerprint density at radius 3 is 2.48 bits per heavy atom. The zero-order valence-corrected chi connectivity index (χ0v) is 13.9. The largest absolute Gasteiger partial charge is 0.370 e. The molecule has 6 heteroatoms. The molecule has 1 aromatic heterocycles. The first-order valence-electron chi connectivity index (χ1n) is 7.23. The molecule has 120 valence electrons. The Bertz CT molecular complexity index is 724. The number of hydrogen-bond acceptors (Lipinski definition) is 4. The van der Waals surface area contributed by atoms with Crippen LogP contribution in [0.1, 0.15) is 40.1 Å². The summed E-state index contributed by atoms with van der Waals surface area (Å²) in [6, 6.07) is 11.1. The second-order valence-electron chi connectivity index (χ2n) is 5.15. The molecule has 3 N–H and O–H groups in total. The zero-order valence-electron chi connectivity index (χ0n) is 13.1. The minimum absolute atomic E-state index is 0.0560. The van der Waals surface area contributed by atoms with E-state index in [0.717, 1.165) is 16.0 Å². The topological polar surface area (TPSA) is 87.2 Å². The number of nitrogens with one attached hydrogen (secondary N) is 1. The van der Waals surface area contributed by atoms with E-state index >= 15 is 0 Å². The number of carbonyl (C=O) groups is 2. The molecule has 0 fully saturated rings. The molecule has 1 atom stereocenters. The van der Waals surface area contributed by atoms with Gasteiger partial charge in [0.15, 0.2) is 11.7 Å². The minimum atomic E-state index is -0.584. The smallest absolute Gasteiger partial charge is 0.241 e. The number of nitrogens with two attached hydrogens (primary N) is 1. The summed E-state index contributed by atoms with van der Waals surface area (Å²) < 4.78 is 0. The van der Waals surface area contributed by atoms with Crippen LogP contribution in [0.15, 0.2) is 41.8 Å². The first kappa shape index (κ1) is 16.9. The summed E-state index contributed by atoms with van der Waals surface area (Å²) in [5.74, 6) is -1.13. The highest BCUT2D eigenvalue weighted by molar-refractivity contribution is 7.12. The molecule has 0 saturated heterocycles. The third-order valence-electron chi connectivity index (χ3n) is 3.62. The van der Waals surface area contributed by atoms with Crippen molar-refractivity contribution in [3.05, 3.63) is 57.8 Å². The Labute approximate surface area is 139 Å². The van der Waals surface area contributed by atoms with Crippen LogP contribution < -0.4 is 5.73 Å². The van der Waals surface area contributed by atoms with Crippen molar-refractivity contribution < 1.29 is 9.59 Å². The monoisotopic (exact) mass is 329 g/mol. The highest BCUT2D eigenvalue weighted by Crippen LogP contribution is 2.30. The van der Waals surface area contributed by atoms with Crippen LogP contribution in [0.2, 0.25) is 0 Å². The average Bonchev–Trinajstić information content (AvgIpc) is 3.04. The van der Waals surface area contributed by atoms with Gasteiger partial charge in [0.2, 0.25) is 5.91 Å². The third-order valence-corrected chi connectivity index (χ3v) is 4.61. The van der Waals surface area contributed by atoms with Gasteiger partial charge in [0.25, 0.3) is 0 Å². The second-order valence-corrected chi connectivity index (χ2v) is 6.06. The van der Waals surface area contributed by atoms with E-state index in [1.54, 1.807) is 6.07 Å². The maximum Gasteiger partial charge on any atom is 0.241 e. The molecule has 0 aliphatic rings. The van der Waals surface area contributed by atoms with Gasteiger partial charge in [0.05, 0.1) is 10.8 Å². The molecule has 1 heterocycles. The van der Waals surface area contributed by atoms with Gasteiger partial charge in [0.1, 0.15) is 0 Å². The first-order chi connectivity index (χ1) is 11.0. The van der Waals surface area contributed by atoms with E-state index in [2.05, 4.69) is 0 Å². The predicted octanol–water partition coefficient (Wildman–Crippen LogP) is 2.82. The van der Waals surface area contributed by atoms with Crippen molar-refractivity contribution in [2.24, 2.45) is 5.73 Å². The van der Waals surface area contributed by atoms with E-state index in [1.807, 2.05) is 42.6 Å². The van der Waals surface area contributed by atoms with Crippen molar-refractivity contribution >= 4 is 29.0 Å². The molecule has 2 rings (SSSR count). The number of benzene rings is 1. The minimum Gasteiger partial charge on any atom is -0.370 e. The standard InChI is InChI=1S/C17H19N3O2S/c1-3-13(21)14-9-12(10-23-14)15(11-7-5-4-6-8-11)16(22)20(2)17(18)19/h4-10,15H,3H2,1-2H3,(H3,18,19). The molecule has 0 spiro atoms. The highest BCUT2D eigenvalue weighted by atomic mass is 32.1. The van der Waals surface area contributed by atoms with Crippen LogP contribution in [0, 0.1) is 5.41 Å². The van der Waals surface area contributed by atoms with Gasteiger partial charge in [-0.15, -0.1) is 11.3 Å². The molecule has 0 radical (unpaired) electrons. The van der Waals surface area contributed by atoms with E-state index in [1.165, 1.54) is 18.4 Å². The van der Waals surface area contributed by atoms with E-state index in [0.29, 0.717) is 11.3 Å². The molecule has 0 aliphatic heterocycles. The number of Topliss-reactive ketones (excluding diaryl/α,β-unsaturated/α-hetero) is 1. The van der Waals surface area contributed by atoms with Crippen LogP contribution in [0.4, 0.5) is 0 Å². The number of nitrogens with zero attached hydrogens (tertiary/aromatic N) is 1. The quantitative estimate of drug-likeness (QED) is 0.502. The molecule has 23 heavy (non-hydrogen) atoms. The zero-order chi connectivity index (χ0) is 17.0. The van der Waals surface area contributed by atoms with Crippen LogP contribution in [0.3, 0.4) is 0 Å². The fraction of sp³-hybridized carbons (Fsp3) is 0.235. The lowest BCUT2D eigenvalue weighted by Crippen LogP contribution is -2.41. The molecule has 1 unspecified atom stereocenters. The third kappa shape index (κ3) is 3.65. The molecule has 0 saturated carbocycles. The van der Waals surface area contributed by atoms with Gasteiger partial charge in [-0.2, -0.15) is 0 Å². The Morgan fingerprint density at radius 2 is 1.91 bits per heavy atom. The van der Waals surface area contributed by atoms with Crippen molar-refractivity contribution in [3.63, 3.8) is 0 Å². The van der Waals surface area contributed by atoms with E-state index in [9.17, 15) is 9.59 Å². The van der Waals surface area contributed by atoms with E-state index in [4.69, 9.17) is 11.1 Å². The van der Waals surface area contributed by atoms with Gasteiger partial charge in [-0.1, -0.05) is 37.3 Å². The Hall–Kier alpha value is -2.47. The predicted molar refractivity (Wildman–Crippen MR) is 91.9 cm³/mol. The number of carbonyl (C=O) groups excluding carboxylic acids is 2. The van der Waals surface area contributed by atoms with Crippen LogP contribution in [-0.2, 0) is 4.79 Å². The fourth-order valence-corrected chi connectivity index (χ4v) is 3.21. The Morgan fingerprint density at radius 1 is 1.26 bits per heavy atom. The number of guanidine groups is 1. The van der Waals surface area contributed by atoms with Gasteiger partial charge in [-0.3, -0.25) is 19.9 Å². The normalized spacial score (nSPS) is 11.7. The maximum absolute atomic E-state index is 12.8. The molecular weight excluding hydrogens is 310 g/mol. The van der Waals surface area contributed by atoms with Crippen LogP contribution in [0.5, 0.6) is 0 Å². The lowest BCUT2D eigenvalue weighted by Gasteiger charge is -2.22. The lowest BCUT2D eigenvalue weighted by molar-refractivity contribution is -0.127. The summed E-state index contributed by atoms with van der Waals surface area (Å²) in [7, 11) is 1.48. The van der Waals surface area contributed by atoms with Crippen molar-refractivity contribution in [1.29, 1.82) is 5.41 Å². The summed E-state index contributed by atoms with van der Waals surface area (Å²) in [5, 5.41) is 9.31. The first-order valence-corrected chi connectivity index (χ1v) is 8.11. The van der Waals surface area contributed by atoms with E-state index in [-0.39, 0.29) is 17.6 Å². The number of amides is 1. The lowest BCUT2D eigenvalue weighted by atomic mass is 9.91. The number of ketones is 1. The molecule has 0 bridgehead atoms. The molecule has 1 amide bonds. The van der Waals surface area contributed by atoms with Crippen molar-refractivity contribution in [2.75, 3.05) is 7.05 Å².